The monoisotopic (exact) mass is 306 g/mol. The summed E-state index contributed by atoms with van der Waals surface area (Å²) >= 11 is 0. The van der Waals surface area contributed by atoms with Crippen LogP contribution in [-0.4, -0.2) is 56.2 Å². The molecule has 1 aromatic rings. The van der Waals surface area contributed by atoms with Crippen molar-refractivity contribution in [1.82, 2.24) is 4.90 Å². The number of rotatable bonds is 5. The van der Waals surface area contributed by atoms with Gasteiger partial charge in [0.1, 0.15) is 5.75 Å². The Bertz CT molecular complexity index is 547. The lowest BCUT2D eigenvalue weighted by molar-refractivity contribution is -0.145. The van der Waals surface area contributed by atoms with Gasteiger partial charge in [-0.25, -0.2) is 0 Å². The Labute approximate surface area is 130 Å². The molecule has 1 aromatic carbocycles. The number of hydrogen-bond donors (Lipinski definition) is 0. The van der Waals surface area contributed by atoms with Crippen molar-refractivity contribution in [1.29, 1.82) is 0 Å². The molecule has 0 aliphatic carbocycles. The van der Waals surface area contributed by atoms with E-state index in [-0.39, 0.29) is 24.5 Å². The van der Waals surface area contributed by atoms with E-state index in [0.717, 1.165) is 5.69 Å². The number of piperazine rings is 1. The van der Waals surface area contributed by atoms with Crippen LogP contribution >= 0.6 is 0 Å². The first kappa shape index (κ1) is 16.3. The van der Waals surface area contributed by atoms with E-state index in [4.69, 9.17) is 9.47 Å². The minimum absolute atomic E-state index is 0.0416. The van der Waals surface area contributed by atoms with Crippen molar-refractivity contribution < 1.29 is 19.1 Å². The fourth-order valence-corrected chi connectivity index (χ4v) is 2.59. The zero-order valence-corrected chi connectivity index (χ0v) is 13.2. The molecule has 0 bridgehead atoms. The van der Waals surface area contributed by atoms with Gasteiger partial charge in [-0.05, 0) is 26.0 Å². The van der Waals surface area contributed by atoms with Gasteiger partial charge < -0.3 is 14.4 Å². The van der Waals surface area contributed by atoms with E-state index in [1.807, 2.05) is 36.1 Å². The summed E-state index contributed by atoms with van der Waals surface area (Å²) in [5.41, 5.74) is 0.762. The molecule has 1 amide bonds. The number of hydrogen-bond acceptors (Lipinski definition) is 5. The zero-order valence-electron chi connectivity index (χ0n) is 13.2. The van der Waals surface area contributed by atoms with Gasteiger partial charge in [-0.2, -0.15) is 0 Å². The molecular weight excluding hydrogens is 284 g/mol. The predicted molar refractivity (Wildman–Crippen MR) is 83.0 cm³/mol. The second-order valence-corrected chi connectivity index (χ2v) is 5.11. The number of carbonyl (C=O) groups excluding carboxylic acids is 2. The van der Waals surface area contributed by atoms with Crippen LogP contribution in [0.25, 0.3) is 0 Å². The number of ether oxygens (including phenoxy) is 2. The molecule has 0 unspecified atom stereocenters. The quantitative estimate of drug-likeness (QED) is 0.767. The number of esters is 1. The second kappa shape index (κ2) is 7.26. The van der Waals surface area contributed by atoms with Crippen LogP contribution in [0.4, 0.5) is 5.69 Å². The summed E-state index contributed by atoms with van der Waals surface area (Å²) in [6.45, 7) is 5.20. The Kier molecular flexibility index (Phi) is 5.38. The molecule has 6 heteroatoms. The van der Waals surface area contributed by atoms with Gasteiger partial charge in [-0.15, -0.1) is 0 Å². The highest BCUT2D eigenvalue weighted by Gasteiger charge is 2.34. The minimum atomic E-state index is -0.372. The summed E-state index contributed by atoms with van der Waals surface area (Å²) < 4.78 is 10.3. The summed E-state index contributed by atoms with van der Waals surface area (Å²) in [5, 5.41) is 0. The van der Waals surface area contributed by atoms with E-state index >= 15 is 0 Å². The first-order chi connectivity index (χ1) is 10.6. The lowest BCUT2D eigenvalue weighted by atomic mass is 10.1. The molecule has 1 heterocycles. The van der Waals surface area contributed by atoms with Gasteiger partial charge in [0.2, 0.25) is 5.91 Å². The number of amides is 1. The molecule has 1 aliphatic rings. The molecule has 0 aromatic heterocycles. The van der Waals surface area contributed by atoms with Crippen molar-refractivity contribution in [2.45, 2.75) is 19.9 Å². The molecular formula is C16H22N2O4. The number of methoxy groups -OCH3 is 1. The van der Waals surface area contributed by atoms with Gasteiger partial charge in [0.25, 0.3) is 0 Å². The Morgan fingerprint density at radius 2 is 2.05 bits per heavy atom. The van der Waals surface area contributed by atoms with Gasteiger partial charge in [0.15, 0.2) is 0 Å². The van der Waals surface area contributed by atoms with Gasteiger partial charge in [-0.3, -0.25) is 14.5 Å². The van der Waals surface area contributed by atoms with Crippen molar-refractivity contribution in [2.24, 2.45) is 0 Å². The minimum Gasteiger partial charge on any atom is -0.495 e. The summed E-state index contributed by atoms with van der Waals surface area (Å²) in [4.78, 5) is 27.8. The van der Waals surface area contributed by atoms with E-state index in [9.17, 15) is 9.59 Å². The average Bonchev–Trinajstić information content (AvgIpc) is 2.52. The molecule has 1 atom stereocenters. The Morgan fingerprint density at radius 3 is 2.73 bits per heavy atom. The van der Waals surface area contributed by atoms with E-state index in [1.54, 1.807) is 18.9 Å². The largest absolute Gasteiger partial charge is 0.495 e. The number of carbonyl (C=O) groups is 2. The predicted octanol–water partition coefficient (Wildman–Crippen LogP) is 1.30. The van der Waals surface area contributed by atoms with Crippen molar-refractivity contribution >= 4 is 17.6 Å². The van der Waals surface area contributed by atoms with Crippen molar-refractivity contribution in [3.63, 3.8) is 0 Å². The third kappa shape index (κ3) is 3.39. The molecule has 0 spiro atoms. The highest BCUT2D eigenvalue weighted by molar-refractivity contribution is 5.99. The van der Waals surface area contributed by atoms with Crippen LogP contribution in [0.15, 0.2) is 24.3 Å². The number of benzene rings is 1. The van der Waals surface area contributed by atoms with Crippen molar-refractivity contribution in [3.8, 4) is 5.75 Å². The molecule has 1 aliphatic heterocycles. The van der Waals surface area contributed by atoms with Gasteiger partial charge in [0.05, 0.1) is 32.0 Å². The van der Waals surface area contributed by atoms with Crippen molar-refractivity contribution in [2.75, 3.05) is 38.3 Å². The lowest BCUT2D eigenvalue weighted by Crippen LogP contribution is -2.57. The molecule has 120 valence electrons. The average molecular weight is 306 g/mol. The third-order valence-electron chi connectivity index (χ3n) is 3.80. The molecule has 2 rings (SSSR count). The summed E-state index contributed by atoms with van der Waals surface area (Å²) in [6.07, 6.45) is 0. The van der Waals surface area contributed by atoms with Gasteiger partial charge in [0, 0.05) is 13.1 Å². The highest BCUT2D eigenvalue weighted by Crippen LogP contribution is 2.29. The smallest absolute Gasteiger partial charge is 0.320 e. The maximum absolute atomic E-state index is 12.6. The topological polar surface area (TPSA) is 59.1 Å². The molecule has 0 N–H and O–H groups in total. The van der Waals surface area contributed by atoms with Crippen LogP contribution < -0.4 is 9.64 Å². The third-order valence-corrected chi connectivity index (χ3v) is 3.80. The molecule has 1 fully saturated rings. The fourth-order valence-electron chi connectivity index (χ4n) is 2.59. The first-order valence-corrected chi connectivity index (χ1v) is 7.42. The Balaban J connectivity index is 2.11. The summed E-state index contributed by atoms with van der Waals surface area (Å²) in [5.74, 6) is 0.329. The molecule has 1 saturated heterocycles. The van der Waals surface area contributed by atoms with E-state index < -0.39 is 0 Å². The van der Waals surface area contributed by atoms with Crippen molar-refractivity contribution in [3.05, 3.63) is 24.3 Å². The van der Waals surface area contributed by atoms with E-state index in [2.05, 4.69) is 0 Å². The maximum atomic E-state index is 12.6. The molecule has 6 nitrogen and oxygen atoms in total. The summed E-state index contributed by atoms with van der Waals surface area (Å²) in [7, 11) is 1.59. The number of anilines is 1. The van der Waals surface area contributed by atoms with Crippen LogP contribution in [0.5, 0.6) is 5.75 Å². The normalized spacial score (nSPS) is 19.1. The fraction of sp³-hybridized carbons (Fsp3) is 0.500. The van der Waals surface area contributed by atoms with E-state index in [1.165, 1.54) is 0 Å². The molecule has 0 saturated carbocycles. The molecule has 22 heavy (non-hydrogen) atoms. The first-order valence-electron chi connectivity index (χ1n) is 7.42. The van der Waals surface area contributed by atoms with Crippen LogP contribution in [0.3, 0.4) is 0 Å². The standard InChI is InChI=1S/C16H22N2O4/c1-4-22-15(19)11-17-9-10-18(16(20)12(17)2)13-7-5-6-8-14(13)21-3/h5-8,12H,4,9-11H2,1-3H3/t12-/m0/s1. The van der Waals surface area contributed by atoms with Gasteiger partial charge in [-0.1, -0.05) is 12.1 Å². The summed E-state index contributed by atoms with van der Waals surface area (Å²) in [6, 6.07) is 7.07. The Morgan fingerprint density at radius 1 is 1.32 bits per heavy atom. The maximum Gasteiger partial charge on any atom is 0.320 e. The van der Waals surface area contributed by atoms with Crippen LogP contribution in [0.2, 0.25) is 0 Å². The van der Waals surface area contributed by atoms with Gasteiger partial charge >= 0.3 is 5.97 Å². The molecule has 0 radical (unpaired) electrons. The second-order valence-electron chi connectivity index (χ2n) is 5.11. The van der Waals surface area contributed by atoms with Crippen LogP contribution in [0, 0.1) is 0 Å². The lowest BCUT2D eigenvalue weighted by Gasteiger charge is -2.38. The van der Waals surface area contributed by atoms with E-state index in [0.29, 0.717) is 25.4 Å². The number of nitrogens with zero attached hydrogens (tertiary/aromatic N) is 2. The Hall–Kier alpha value is -2.08. The zero-order chi connectivity index (χ0) is 16.1. The SMILES string of the molecule is CCOC(=O)CN1CCN(c2ccccc2OC)C(=O)[C@@H]1C. The van der Waals surface area contributed by atoms with Crippen LogP contribution in [0.1, 0.15) is 13.8 Å². The highest BCUT2D eigenvalue weighted by atomic mass is 16.5. The number of para-hydroxylation sites is 2. The van der Waals surface area contributed by atoms with Crippen LogP contribution in [-0.2, 0) is 14.3 Å².